The summed E-state index contributed by atoms with van der Waals surface area (Å²) in [5.74, 6) is 0.458. The van der Waals surface area contributed by atoms with Gasteiger partial charge in [-0.2, -0.15) is 0 Å². The summed E-state index contributed by atoms with van der Waals surface area (Å²) in [4.78, 5) is 27.4. The van der Waals surface area contributed by atoms with Crippen LogP contribution < -0.4 is 4.74 Å². The Bertz CT molecular complexity index is 1080. The number of amides is 2. The molecule has 2 aliphatic rings. The van der Waals surface area contributed by atoms with E-state index in [9.17, 15) is 23.5 Å². The van der Waals surface area contributed by atoms with E-state index in [4.69, 9.17) is 16.3 Å². The minimum absolute atomic E-state index is 0.0119. The van der Waals surface area contributed by atoms with Gasteiger partial charge in [-0.05, 0) is 30.0 Å². The van der Waals surface area contributed by atoms with Crippen molar-refractivity contribution < 1.29 is 28.2 Å². The number of hydrogen-bond donors (Lipinski definition) is 1. The first-order valence-electron chi connectivity index (χ1n) is 10.5. The van der Waals surface area contributed by atoms with E-state index in [0.29, 0.717) is 35.7 Å². The first kappa shape index (κ1) is 23.2. The molecular formula is C21H24ClF2N5O4. The van der Waals surface area contributed by atoms with E-state index in [1.807, 2.05) is 6.92 Å². The van der Waals surface area contributed by atoms with Crippen LogP contribution in [0.4, 0.5) is 13.6 Å². The third-order valence-corrected chi connectivity index (χ3v) is 6.49. The molecule has 178 valence electrons. The van der Waals surface area contributed by atoms with Crippen molar-refractivity contribution in [2.75, 3.05) is 19.6 Å². The Labute approximate surface area is 193 Å². The highest BCUT2D eigenvalue weighted by Crippen LogP contribution is 2.41. The predicted octanol–water partition coefficient (Wildman–Crippen LogP) is 3.43. The molecule has 0 bridgehead atoms. The number of rotatable bonds is 6. The van der Waals surface area contributed by atoms with Gasteiger partial charge in [-0.25, -0.2) is 18.3 Å². The molecular weight excluding hydrogens is 460 g/mol. The van der Waals surface area contributed by atoms with Gasteiger partial charge in [0.2, 0.25) is 5.91 Å². The van der Waals surface area contributed by atoms with Crippen LogP contribution in [0.2, 0.25) is 5.02 Å². The number of carbonyl (C=O) groups excluding carboxylic acids is 1. The number of nitrogens with zero attached hydrogens (tertiary/aromatic N) is 5. The van der Waals surface area contributed by atoms with Crippen LogP contribution in [0.25, 0.3) is 0 Å². The van der Waals surface area contributed by atoms with Gasteiger partial charge in [0, 0.05) is 43.7 Å². The Morgan fingerprint density at radius 3 is 2.79 bits per heavy atom. The van der Waals surface area contributed by atoms with Gasteiger partial charge in [0.25, 0.3) is 6.43 Å². The maximum absolute atomic E-state index is 13.4. The largest absolute Gasteiger partial charge is 0.487 e. The third-order valence-electron chi connectivity index (χ3n) is 6.13. The first-order chi connectivity index (χ1) is 15.7. The number of aryl methyl sites for hydroxylation is 1. The van der Waals surface area contributed by atoms with Crippen molar-refractivity contribution in [2.45, 2.75) is 38.8 Å². The molecule has 1 aromatic heterocycles. The van der Waals surface area contributed by atoms with Gasteiger partial charge in [0.1, 0.15) is 23.7 Å². The van der Waals surface area contributed by atoms with E-state index in [-0.39, 0.29) is 42.9 Å². The summed E-state index contributed by atoms with van der Waals surface area (Å²) in [6.45, 7) is 2.60. The lowest BCUT2D eigenvalue weighted by Crippen LogP contribution is -2.45. The topological polar surface area (TPSA) is 101 Å². The van der Waals surface area contributed by atoms with Crippen molar-refractivity contribution in [3.63, 3.8) is 0 Å². The summed E-state index contributed by atoms with van der Waals surface area (Å²) in [7, 11) is 1.37. The van der Waals surface area contributed by atoms with Gasteiger partial charge in [-0.15, -0.1) is 5.10 Å². The van der Waals surface area contributed by atoms with Gasteiger partial charge >= 0.3 is 6.09 Å². The predicted molar refractivity (Wildman–Crippen MR) is 113 cm³/mol. The second-order valence-electron chi connectivity index (χ2n) is 8.42. The lowest BCUT2D eigenvalue weighted by Gasteiger charge is -2.38. The molecule has 2 atom stereocenters. The van der Waals surface area contributed by atoms with Gasteiger partial charge in [-0.3, -0.25) is 9.69 Å². The average Bonchev–Trinajstić information content (AvgIpc) is 3.28. The molecule has 0 saturated carbocycles. The van der Waals surface area contributed by atoms with Crippen molar-refractivity contribution in [2.24, 2.45) is 13.0 Å². The molecule has 0 radical (unpaired) electrons. The number of alkyl halides is 2. The Hall–Kier alpha value is -2.95. The molecule has 2 amide bonds. The smallest absolute Gasteiger partial charge is 0.407 e. The minimum Gasteiger partial charge on any atom is -0.487 e. The molecule has 1 aromatic carbocycles. The van der Waals surface area contributed by atoms with Crippen LogP contribution in [0.5, 0.6) is 5.75 Å². The van der Waals surface area contributed by atoms with Gasteiger partial charge in [-0.1, -0.05) is 23.7 Å². The quantitative estimate of drug-likeness (QED) is 0.675. The van der Waals surface area contributed by atoms with Gasteiger partial charge in [0.15, 0.2) is 0 Å². The van der Waals surface area contributed by atoms with E-state index in [0.717, 1.165) is 10.2 Å². The molecule has 3 heterocycles. The number of carboxylic acid groups (broad SMARTS) is 1. The minimum atomic E-state index is -2.78. The fourth-order valence-electron chi connectivity index (χ4n) is 4.60. The number of hydrogen-bond acceptors (Lipinski definition) is 5. The Balaban J connectivity index is 1.69. The number of fused-ring (bicyclic) bond motifs is 1. The van der Waals surface area contributed by atoms with E-state index in [2.05, 4.69) is 10.3 Å². The zero-order valence-corrected chi connectivity index (χ0v) is 18.9. The lowest BCUT2D eigenvalue weighted by molar-refractivity contribution is -0.128. The summed E-state index contributed by atoms with van der Waals surface area (Å²) in [5.41, 5.74) is 0.913. The van der Waals surface area contributed by atoms with E-state index in [1.165, 1.54) is 11.9 Å². The maximum atomic E-state index is 13.4. The van der Waals surface area contributed by atoms with Crippen LogP contribution in [0.3, 0.4) is 0 Å². The van der Waals surface area contributed by atoms with E-state index in [1.54, 1.807) is 17.0 Å². The molecule has 4 rings (SSSR count). The van der Waals surface area contributed by atoms with Crippen molar-refractivity contribution >= 4 is 23.6 Å². The first-order valence-corrected chi connectivity index (χ1v) is 10.9. The highest BCUT2D eigenvalue weighted by molar-refractivity contribution is 6.31. The molecule has 9 nitrogen and oxygen atoms in total. The third kappa shape index (κ3) is 4.46. The van der Waals surface area contributed by atoms with Crippen LogP contribution in [0.15, 0.2) is 12.1 Å². The Morgan fingerprint density at radius 1 is 1.39 bits per heavy atom. The fraction of sp³-hybridized carbons (Fsp3) is 0.524. The number of aromatic nitrogens is 3. The SMILES string of the molecule is CC1CC(=O)N(C[C@@H]2c3c(OCc4nnn(C)c4C(F)F)ccc(Cl)c3CCN2C(=O)O)C1. The second kappa shape index (κ2) is 9.12. The standard InChI is InChI=1S/C21H24ClF2N5O4/c1-11-7-17(30)28(8-11)9-15-18-12(5-6-29(15)21(31)32)13(22)3-4-16(18)33-10-14-19(20(23)24)27(2)26-25-14/h3-4,11,15,20H,5-10H2,1-2H3,(H,31,32)/t11?,15-/m1/s1. The van der Waals surface area contributed by atoms with Crippen LogP contribution in [-0.4, -0.2) is 61.5 Å². The van der Waals surface area contributed by atoms with Crippen molar-refractivity contribution in [3.8, 4) is 5.75 Å². The van der Waals surface area contributed by atoms with Gasteiger partial charge in [0.05, 0.1) is 6.04 Å². The lowest BCUT2D eigenvalue weighted by atomic mass is 9.91. The van der Waals surface area contributed by atoms with Gasteiger partial charge < -0.3 is 14.7 Å². The van der Waals surface area contributed by atoms with Crippen LogP contribution in [0.1, 0.15) is 48.3 Å². The number of carbonyl (C=O) groups is 2. The summed E-state index contributed by atoms with van der Waals surface area (Å²) in [5, 5.41) is 17.7. The molecule has 1 fully saturated rings. The molecule has 2 aliphatic heterocycles. The molecule has 1 unspecified atom stereocenters. The van der Waals surface area contributed by atoms with Crippen LogP contribution in [-0.2, 0) is 24.9 Å². The second-order valence-corrected chi connectivity index (χ2v) is 8.83. The normalized spacial score (nSPS) is 20.5. The van der Waals surface area contributed by atoms with Crippen molar-refractivity contribution in [3.05, 3.63) is 39.7 Å². The summed E-state index contributed by atoms with van der Waals surface area (Å²) in [6.07, 6.45) is -3.12. The molecule has 0 aliphatic carbocycles. The Kier molecular flexibility index (Phi) is 6.42. The molecule has 1 N–H and O–H groups in total. The zero-order chi connectivity index (χ0) is 23.9. The molecule has 12 heteroatoms. The number of benzene rings is 1. The highest BCUT2D eigenvalue weighted by Gasteiger charge is 2.38. The van der Waals surface area contributed by atoms with Crippen molar-refractivity contribution in [1.82, 2.24) is 24.8 Å². The fourth-order valence-corrected chi connectivity index (χ4v) is 4.86. The van der Waals surface area contributed by atoms with Crippen molar-refractivity contribution in [1.29, 1.82) is 0 Å². The molecule has 2 aromatic rings. The zero-order valence-electron chi connectivity index (χ0n) is 18.2. The number of halogens is 3. The summed E-state index contributed by atoms with van der Waals surface area (Å²) < 4.78 is 33.7. The molecule has 1 saturated heterocycles. The maximum Gasteiger partial charge on any atom is 0.407 e. The average molecular weight is 484 g/mol. The van der Waals surface area contributed by atoms with Crippen LogP contribution >= 0.6 is 11.6 Å². The molecule has 0 spiro atoms. The highest BCUT2D eigenvalue weighted by atomic mass is 35.5. The van der Waals surface area contributed by atoms with E-state index < -0.39 is 18.6 Å². The van der Waals surface area contributed by atoms with Crippen LogP contribution in [0, 0.1) is 5.92 Å². The molecule has 33 heavy (non-hydrogen) atoms. The number of ether oxygens (including phenoxy) is 1. The summed E-state index contributed by atoms with van der Waals surface area (Å²) in [6, 6.07) is 2.52. The monoisotopic (exact) mass is 483 g/mol. The summed E-state index contributed by atoms with van der Waals surface area (Å²) >= 11 is 6.44. The number of likely N-dealkylation sites (tertiary alicyclic amines) is 1. The Morgan fingerprint density at radius 2 is 2.15 bits per heavy atom. The van der Waals surface area contributed by atoms with E-state index >= 15 is 0 Å².